The molecule has 0 aromatic carbocycles. The number of hydrogen-bond acceptors (Lipinski definition) is 2. The summed E-state index contributed by atoms with van der Waals surface area (Å²) in [4.78, 5) is 10.7. The molecule has 0 saturated heterocycles. The lowest BCUT2D eigenvalue weighted by Crippen LogP contribution is -2.01. The van der Waals surface area contributed by atoms with Gasteiger partial charge in [0.15, 0.2) is 0 Å². The van der Waals surface area contributed by atoms with Gasteiger partial charge in [-0.05, 0) is 13.3 Å². The van der Waals surface area contributed by atoms with Gasteiger partial charge in [-0.15, -0.1) is 0 Å². The minimum atomic E-state index is -0.233. The van der Waals surface area contributed by atoms with Crippen LogP contribution < -0.4 is 0 Å². The lowest BCUT2D eigenvalue weighted by atomic mass is 10.3. The van der Waals surface area contributed by atoms with E-state index >= 15 is 0 Å². The molecule has 0 amide bonds. The summed E-state index contributed by atoms with van der Waals surface area (Å²) in [6.07, 6.45) is 6.37. The van der Waals surface area contributed by atoms with E-state index in [0.717, 1.165) is 19.3 Å². The molecule has 0 aliphatic heterocycles. The molecule has 0 aromatic rings. The Morgan fingerprint density at radius 2 is 2.18 bits per heavy atom. The van der Waals surface area contributed by atoms with Crippen LogP contribution in [0.4, 0.5) is 0 Å². The van der Waals surface area contributed by atoms with E-state index in [1.165, 1.54) is 6.08 Å². The maximum atomic E-state index is 10.7. The molecule has 0 aliphatic rings. The van der Waals surface area contributed by atoms with Gasteiger partial charge in [0, 0.05) is 6.08 Å². The van der Waals surface area contributed by atoms with Crippen LogP contribution in [0.1, 0.15) is 33.1 Å². The average Bonchev–Trinajstić information content (AvgIpc) is 1.99. The Balaban J connectivity index is 3.17. The molecule has 0 radical (unpaired) electrons. The van der Waals surface area contributed by atoms with Crippen molar-refractivity contribution in [3.63, 3.8) is 0 Å². The minimum Gasteiger partial charge on any atom is -0.463 e. The number of esters is 1. The predicted octanol–water partition coefficient (Wildman–Crippen LogP) is 2.30. The fourth-order valence-corrected chi connectivity index (χ4v) is 0.709. The molecule has 0 unspecified atom stereocenters. The highest BCUT2D eigenvalue weighted by molar-refractivity contribution is 5.81. The zero-order valence-electron chi connectivity index (χ0n) is 7.30. The van der Waals surface area contributed by atoms with Gasteiger partial charge in [-0.2, -0.15) is 0 Å². The normalized spacial score (nSPS) is 10.4. The smallest absolute Gasteiger partial charge is 0.330 e. The van der Waals surface area contributed by atoms with Crippen molar-refractivity contribution in [1.29, 1.82) is 0 Å². The SMILES string of the molecule is CC=CC(=O)OCCCCC. The van der Waals surface area contributed by atoms with Crippen molar-refractivity contribution in [2.45, 2.75) is 33.1 Å². The summed E-state index contributed by atoms with van der Waals surface area (Å²) >= 11 is 0. The minimum absolute atomic E-state index is 0.233. The van der Waals surface area contributed by atoms with Gasteiger partial charge < -0.3 is 4.74 Å². The van der Waals surface area contributed by atoms with E-state index in [9.17, 15) is 4.79 Å². The quantitative estimate of drug-likeness (QED) is 0.347. The van der Waals surface area contributed by atoms with E-state index in [2.05, 4.69) is 6.92 Å². The maximum Gasteiger partial charge on any atom is 0.330 e. The highest BCUT2D eigenvalue weighted by Gasteiger charge is 1.93. The largest absolute Gasteiger partial charge is 0.463 e. The number of rotatable bonds is 5. The van der Waals surface area contributed by atoms with Crippen LogP contribution in [0.15, 0.2) is 12.2 Å². The van der Waals surface area contributed by atoms with Gasteiger partial charge in [0.25, 0.3) is 0 Å². The van der Waals surface area contributed by atoms with Crippen LogP contribution in [0.2, 0.25) is 0 Å². The lowest BCUT2D eigenvalue weighted by Gasteiger charge is -1.99. The van der Waals surface area contributed by atoms with E-state index in [1.807, 2.05) is 0 Å². The second-order valence-corrected chi connectivity index (χ2v) is 2.37. The van der Waals surface area contributed by atoms with Crippen molar-refractivity contribution in [1.82, 2.24) is 0 Å². The molecule has 0 aliphatic carbocycles. The van der Waals surface area contributed by atoms with Crippen LogP contribution in [-0.2, 0) is 9.53 Å². The highest BCUT2D eigenvalue weighted by Crippen LogP contribution is 1.94. The van der Waals surface area contributed by atoms with Gasteiger partial charge in [0.1, 0.15) is 0 Å². The van der Waals surface area contributed by atoms with Gasteiger partial charge in [-0.25, -0.2) is 4.79 Å². The van der Waals surface area contributed by atoms with Gasteiger partial charge in [0.05, 0.1) is 6.61 Å². The first kappa shape index (κ1) is 10.2. The molecule has 64 valence electrons. The third kappa shape index (κ3) is 7.10. The van der Waals surface area contributed by atoms with E-state index in [4.69, 9.17) is 4.74 Å². The fourth-order valence-electron chi connectivity index (χ4n) is 0.709. The molecule has 11 heavy (non-hydrogen) atoms. The predicted molar refractivity (Wildman–Crippen MR) is 45.3 cm³/mol. The summed E-state index contributed by atoms with van der Waals surface area (Å²) in [7, 11) is 0. The molecule has 0 fully saturated rings. The van der Waals surface area contributed by atoms with Gasteiger partial charge >= 0.3 is 5.97 Å². The first-order valence-corrected chi connectivity index (χ1v) is 4.10. The third-order valence-corrected chi connectivity index (χ3v) is 1.29. The average molecular weight is 156 g/mol. The molecule has 0 aromatic heterocycles. The van der Waals surface area contributed by atoms with Crippen LogP contribution in [0, 0.1) is 0 Å². The van der Waals surface area contributed by atoms with Crippen molar-refractivity contribution in [3.05, 3.63) is 12.2 Å². The Morgan fingerprint density at radius 1 is 1.45 bits per heavy atom. The van der Waals surface area contributed by atoms with Gasteiger partial charge in [-0.1, -0.05) is 25.8 Å². The first-order chi connectivity index (χ1) is 5.31. The third-order valence-electron chi connectivity index (χ3n) is 1.29. The van der Waals surface area contributed by atoms with Gasteiger partial charge in [0.2, 0.25) is 0 Å². The zero-order valence-corrected chi connectivity index (χ0v) is 7.30. The molecular formula is C9H16O2. The number of allylic oxidation sites excluding steroid dienone is 1. The Kier molecular flexibility index (Phi) is 6.79. The van der Waals surface area contributed by atoms with Crippen LogP contribution in [-0.4, -0.2) is 12.6 Å². The second kappa shape index (κ2) is 7.32. The van der Waals surface area contributed by atoms with Crippen molar-refractivity contribution in [2.24, 2.45) is 0 Å². The maximum absolute atomic E-state index is 10.7. The Hall–Kier alpha value is -0.790. The van der Waals surface area contributed by atoms with E-state index < -0.39 is 0 Å². The molecule has 0 N–H and O–H groups in total. The number of carbonyl (C=O) groups is 1. The van der Waals surface area contributed by atoms with Crippen molar-refractivity contribution >= 4 is 5.97 Å². The summed E-state index contributed by atoms with van der Waals surface area (Å²) in [5, 5.41) is 0. The first-order valence-electron chi connectivity index (χ1n) is 4.10. The summed E-state index contributed by atoms with van der Waals surface area (Å²) in [6.45, 7) is 4.47. The number of hydrogen-bond donors (Lipinski definition) is 0. The Morgan fingerprint density at radius 3 is 2.73 bits per heavy atom. The summed E-state index contributed by atoms with van der Waals surface area (Å²) in [5.41, 5.74) is 0. The van der Waals surface area contributed by atoms with Crippen molar-refractivity contribution in [3.8, 4) is 0 Å². The molecule has 0 heterocycles. The van der Waals surface area contributed by atoms with E-state index in [0.29, 0.717) is 6.61 Å². The van der Waals surface area contributed by atoms with Crippen LogP contribution in [0.3, 0.4) is 0 Å². The molecular weight excluding hydrogens is 140 g/mol. The van der Waals surface area contributed by atoms with Crippen molar-refractivity contribution < 1.29 is 9.53 Å². The summed E-state index contributed by atoms with van der Waals surface area (Å²) < 4.78 is 4.86. The topological polar surface area (TPSA) is 26.3 Å². The highest BCUT2D eigenvalue weighted by atomic mass is 16.5. The Labute approximate surface area is 68.2 Å². The molecule has 0 spiro atoms. The van der Waals surface area contributed by atoms with Crippen molar-refractivity contribution in [2.75, 3.05) is 6.61 Å². The molecule has 0 rings (SSSR count). The fraction of sp³-hybridized carbons (Fsp3) is 0.667. The zero-order chi connectivity index (χ0) is 8.53. The van der Waals surface area contributed by atoms with Crippen LogP contribution >= 0.6 is 0 Å². The molecule has 0 atom stereocenters. The molecule has 0 bridgehead atoms. The van der Waals surface area contributed by atoms with Crippen LogP contribution in [0.25, 0.3) is 0 Å². The van der Waals surface area contributed by atoms with Crippen LogP contribution in [0.5, 0.6) is 0 Å². The molecule has 2 heteroatoms. The number of unbranched alkanes of at least 4 members (excludes halogenated alkanes) is 2. The lowest BCUT2D eigenvalue weighted by molar-refractivity contribution is -0.137. The number of carbonyl (C=O) groups excluding carboxylic acids is 1. The summed E-state index contributed by atoms with van der Waals surface area (Å²) in [5.74, 6) is -0.233. The standard InChI is InChI=1S/C9H16O2/c1-3-5-6-8-11-9(10)7-4-2/h4,7H,3,5-6,8H2,1-2H3. The summed E-state index contributed by atoms with van der Waals surface area (Å²) in [6, 6.07) is 0. The molecule has 0 saturated carbocycles. The number of ether oxygens (including phenoxy) is 1. The molecule has 2 nitrogen and oxygen atoms in total. The second-order valence-electron chi connectivity index (χ2n) is 2.37. The van der Waals surface area contributed by atoms with E-state index in [-0.39, 0.29) is 5.97 Å². The van der Waals surface area contributed by atoms with Gasteiger partial charge in [-0.3, -0.25) is 0 Å². The Bertz CT molecular complexity index is 128. The monoisotopic (exact) mass is 156 g/mol. The van der Waals surface area contributed by atoms with E-state index in [1.54, 1.807) is 13.0 Å².